The van der Waals surface area contributed by atoms with Crippen LogP contribution in [0.2, 0.25) is 0 Å². The molecule has 0 fully saturated rings. The molecule has 0 atom stereocenters. The first-order valence-electron chi connectivity index (χ1n) is 7.51. The molecular formula is C17H24N2S. The Hall–Kier alpha value is -1.19. The van der Waals surface area contributed by atoms with Crippen LogP contribution in [0.3, 0.4) is 0 Å². The molecule has 0 aliphatic carbocycles. The molecule has 108 valence electrons. The van der Waals surface area contributed by atoms with Crippen LogP contribution < -0.4 is 5.32 Å². The molecule has 0 bridgehead atoms. The minimum Gasteiger partial charge on any atom is -0.312 e. The summed E-state index contributed by atoms with van der Waals surface area (Å²) < 4.78 is 0. The lowest BCUT2D eigenvalue weighted by Gasteiger charge is -2.01. The fourth-order valence-electron chi connectivity index (χ4n) is 2.10. The van der Waals surface area contributed by atoms with Crippen molar-refractivity contribution in [3.63, 3.8) is 0 Å². The molecule has 1 aromatic carbocycles. The van der Waals surface area contributed by atoms with Crippen molar-refractivity contribution in [2.45, 2.75) is 46.6 Å². The molecule has 2 nitrogen and oxygen atoms in total. The van der Waals surface area contributed by atoms with Crippen LogP contribution in [-0.2, 0) is 13.0 Å². The van der Waals surface area contributed by atoms with Crippen molar-refractivity contribution < 1.29 is 0 Å². The molecule has 0 saturated carbocycles. The van der Waals surface area contributed by atoms with Crippen molar-refractivity contribution in [1.29, 1.82) is 0 Å². The predicted octanol–water partition coefficient (Wildman–Crippen LogP) is 4.57. The maximum atomic E-state index is 4.71. The van der Waals surface area contributed by atoms with E-state index in [4.69, 9.17) is 4.98 Å². The van der Waals surface area contributed by atoms with Gasteiger partial charge in [-0.1, -0.05) is 44.5 Å². The Kier molecular flexibility index (Phi) is 5.74. The van der Waals surface area contributed by atoms with Crippen molar-refractivity contribution in [1.82, 2.24) is 10.3 Å². The van der Waals surface area contributed by atoms with E-state index in [1.54, 1.807) is 0 Å². The fourth-order valence-corrected chi connectivity index (χ4v) is 3.14. The van der Waals surface area contributed by atoms with Gasteiger partial charge < -0.3 is 5.32 Å². The molecule has 1 heterocycles. The number of benzene rings is 1. The highest BCUT2D eigenvalue weighted by Crippen LogP contribution is 2.28. The molecule has 0 radical (unpaired) electrons. The Morgan fingerprint density at radius 1 is 1.15 bits per heavy atom. The highest BCUT2D eigenvalue weighted by atomic mass is 32.1. The molecule has 0 amide bonds. The highest BCUT2D eigenvalue weighted by Gasteiger charge is 2.09. The van der Waals surface area contributed by atoms with Gasteiger partial charge in [-0.05, 0) is 31.9 Å². The van der Waals surface area contributed by atoms with Crippen molar-refractivity contribution in [3.05, 3.63) is 40.4 Å². The monoisotopic (exact) mass is 288 g/mol. The van der Waals surface area contributed by atoms with Crippen LogP contribution in [0, 0.1) is 6.92 Å². The number of aryl methyl sites for hydroxylation is 2. The van der Waals surface area contributed by atoms with Gasteiger partial charge in [0.2, 0.25) is 0 Å². The lowest BCUT2D eigenvalue weighted by atomic mass is 10.1. The quantitative estimate of drug-likeness (QED) is 0.755. The van der Waals surface area contributed by atoms with Gasteiger partial charge in [-0.3, -0.25) is 0 Å². The van der Waals surface area contributed by atoms with E-state index in [2.05, 4.69) is 50.4 Å². The normalized spacial score (nSPS) is 10.9. The van der Waals surface area contributed by atoms with Gasteiger partial charge in [0.15, 0.2) is 0 Å². The fraction of sp³-hybridized carbons (Fsp3) is 0.471. The Labute approximate surface area is 126 Å². The summed E-state index contributed by atoms with van der Waals surface area (Å²) in [6, 6.07) is 8.77. The second-order valence-electron chi connectivity index (χ2n) is 5.11. The van der Waals surface area contributed by atoms with E-state index < -0.39 is 0 Å². The predicted molar refractivity (Wildman–Crippen MR) is 88.3 cm³/mol. The summed E-state index contributed by atoms with van der Waals surface area (Å²) in [5.74, 6) is 0. The summed E-state index contributed by atoms with van der Waals surface area (Å²) in [6.45, 7) is 8.54. The van der Waals surface area contributed by atoms with E-state index in [1.165, 1.54) is 28.8 Å². The summed E-state index contributed by atoms with van der Waals surface area (Å²) in [4.78, 5) is 6.07. The molecule has 1 aromatic heterocycles. The van der Waals surface area contributed by atoms with Gasteiger partial charge in [0.05, 0.1) is 5.69 Å². The van der Waals surface area contributed by atoms with Crippen LogP contribution in [0.4, 0.5) is 0 Å². The van der Waals surface area contributed by atoms with Gasteiger partial charge in [-0.15, -0.1) is 11.3 Å². The number of aromatic nitrogens is 1. The zero-order chi connectivity index (χ0) is 14.4. The number of rotatable bonds is 7. The van der Waals surface area contributed by atoms with Crippen LogP contribution in [0.25, 0.3) is 10.6 Å². The second kappa shape index (κ2) is 7.55. The van der Waals surface area contributed by atoms with Gasteiger partial charge in [0.1, 0.15) is 5.01 Å². The van der Waals surface area contributed by atoms with Crippen molar-refractivity contribution >= 4 is 11.3 Å². The lowest BCUT2D eigenvalue weighted by molar-refractivity contribution is 0.644. The molecule has 2 rings (SSSR count). The second-order valence-corrected chi connectivity index (χ2v) is 6.19. The van der Waals surface area contributed by atoms with Crippen LogP contribution in [0.15, 0.2) is 24.3 Å². The Bertz CT molecular complexity index is 528. The topological polar surface area (TPSA) is 24.9 Å². The van der Waals surface area contributed by atoms with Crippen molar-refractivity contribution in [3.8, 4) is 10.6 Å². The molecule has 0 unspecified atom stereocenters. The lowest BCUT2D eigenvalue weighted by Crippen LogP contribution is -2.14. The summed E-state index contributed by atoms with van der Waals surface area (Å²) in [5, 5.41) is 4.63. The van der Waals surface area contributed by atoms with E-state index in [0.717, 1.165) is 30.2 Å². The van der Waals surface area contributed by atoms with Crippen molar-refractivity contribution in [2.75, 3.05) is 6.54 Å². The van der Waals surface area contributed by atoms with E-state index in [9.17, 15) is 0 Å². The Morgan fingerprint density at radius 2 is 1.90 bits per heavy atom. The van der Waals surface area contributed by atoms with Crippen LogP contribution in [0.1, 0.15) is 42.8 Å². The Morgan fingerprint density at radius 3 is 2.55 bits per heavy atom. The summed E-state index contributed by atoms with van der Waals surface area (Å²) in [6.07, 6.45) is 3.57. The van der Waals surface area contributed by atoms with Crippen LogP contribution in [-0.4, -0.2) is 11.5 Å². The third-order valence-corrected chi connectivity index (χ3v) is 4.70. The van der Waals surface area contributed by atoms with Gasteiger partial charge in [-0.2, -0.15) is 0 Å². The molecule has 1 N–H and O–H groups in total. The first-order valence-corrected chi connectivity index (χ1v) is 8.32. The SMILES string of the molecule is CCCCNCc1sc(-c2ccc(CC)cc2)nc1C. The minimum atomic E-state index is 0.941. The molecule has 2 aromatic rings. The average Bonchev–Trinajstić information content (AvgIpc) is 2.85. The number of thiazole rings is 1. The molecular weight excluding hydrogens is 264 g/mol. The third-order valence-electron chi connectivity index (χ3n) is 3.49. The van der Waals surface area contributed by atoms with E-state index in [-0.39, 0.29) is 0 Å². The third kappa shape index (κ3) is 3.90. The molecule has 0 aliphatic heterocycles. The van der Waals surface area contributed by atoms with Gasteiger partial charge in [-0.25, -0.2) is 4.98 Å². The molecule has 0 aliphatic rings. The standard InChI is InChI=1S/C17H24N2S/c1-4-6-11-18-12-16-13(3)19-17(20-16)15-9-7-14(5-2)8-10-15/h7-10,18H,4-6,11-12H2,1-3H3. The average molecular weight is 288 g/mol. The largest absolute Gasteiger partial charge is 0.312 e. The number of hydrogen-bond donors (Lipinski definition) is 1. The van der Waals surface area contributed by atoms with Crippen LogP contribution >= 0.6 is 11.3 Å². The number of unbranched alkanes of at least 4 members (excludes halogenated alkanes) is 1. The molecule has 3 heteroatoms. The summed E-state index contributed by atoms with van der Waals surface area (Å²) >= 11 is 1.81. The maximum Gasteiger partial charge on any atom is 0.123 e. The molecule has 20 heavy (non-hydrogen) atoms. The smallest absolute Gasteiger partial charge is 0.123 e. The van der Waals surface area contributed by atoms with Gasteiger partial charge in [0, 0.05) is 17.0 Å². The first-order chi connectivity index (χ1) is 9.74. The van der Waals surface area contributed by atoms with Crippen molar-refractivity contribution in [2.24, 2.45) is 0 Å². The maximum absolute atomic E-state index is 4.71. The number of nitrogens with one attached hydrogen (secondary N) is 1. The number of hydrogen-bond acceptors (Lipinski definition) is 3. The van der Waals surface area contributed by atoms with Crippen LogP contribution in [0.5, 0.6) is 0 Å². The Balaban J connectivity index is 2.05. The van der Waals surface area contributed by atoms with Gasteiger partial charge in [0.25, 0.3) is 0 Å². The van der Waals surface area contributed by atoms with E-state index in [1.807, 2.05) is 11.3 Å². The summed E-state index contributed by atoms with van der Waals surface area (Å²) in [7, 11) is 0. The zero-order valence-corrected chi connectivity index (χ0v) is 13.5. The molecule has 0 spiro atoms. The highest BCUT2D eigenvalue weighted by molar-refractivity contribution is 7.15. The first kappa shape index (κ1) is 15.2. The van der Waals surface area contributed by atoms with E-state index in [0.29, 0.717) is 0 Å². The zero-order valence-electron chi connectivity index (χ0n) is 12.7. The molecule has 0 saturated heterocycles. The minimum absolute atomic E-state index is 0.941. The number of nitrogens with zero attached hydrogens (tertiary/aromatic N) is 1. The summed E-state index contributed by atoms with van der Waals surface area (Å²) in [5.41, 5.74) is 3.77. The van der Waals surface area contributed by atoms with Gasteiger partial charge >= 0.3 is 0 Å². The van der Waals surface area contributed by atoms with E-state index >= 15 is 0 Å².